The van der Waals surface area contributed by atoms with E-state index in [4.69, 9.17) is 9.47 Å². The first-order valence-electron chi connectivity index (χ1n) is 9.62. The van der Waals surface area contributed by atoms with Crippen molar-refractivity contribution in [3.63, 3.8) is 0 Å². The number of hydrogen-bond donors (Lipinski definition) is 0. The molecule has 0 aromatic rings. The predicted octanol–water partition coefficient (Wildman–Crippen LogP) is 3.68. The highest BCUT2D eigenvalue weighted by Gasteiger charge is 2.53. The van der Waals surface area contributed by atoms with Gasteiger partial charge in [0.1, 0.15) is 0 Å². The molecule has 5 atom stereocenters. The molecule has 3 heteroatoms. The Morgan fingerprint density at radius 3 is 2.64 bits per heavy atom. The van der Waals surface area contributed by atoms with E-state index in [1.807, 2.05) is 0 Å². The summed E-state index contributed by atoms with van der Waals surface area (Å²) in [7, 11) is 0. The molecular weight excluding hydrogens is 274 g/mol. The SMILES string of the molecule is CC1(C)[C@H]2CC[C@H](C2)[C@H]1C[C@H]1OC[C@@H](CN2CCCCC2)O1. The lowest BCUT2D eigenvalue weighted by atomic mass is 9.67. The van der Waals surface area contributed by atoms with E-state index in [0.29, 0.717) is 11.5 Å². The van der Waals surface area contributed by atoms with Gasteiger partial charge in [-0.3, -0.25) is 0 Å². The highest BCUT2D eigenvalue weighted by atomic mass is 16.7. The van der Waals surface area contributed by atoms with Gasteiger partial charge in [-0.2, -0.15) is 0 Å². The molecule has 4 rings (SSSR count). The Hall–Kier alpha value is -0.120. The van der Waals surface area contributed by atoms with Crippen LogP contribution < -0.4 is 0 Å². The molecule has 2 bridgehead atoms. The third-order valence-electron chi connectivity index (χ3n) is 7.22. The van der Waals surface area contributed by atoms with E-state index in [1.165, 1.54) is 51.6 Å². The Labute approximate surface area is 135 Å². The maximum atomic E-state index is 6.26. The quantitative estimate of drug-likeness (QED) is 0.791. The minimum absolute atomic E-state index is 0.0680. The Kier molecular flexibility index (Phi) is 4.25. The van der Waals surface area contributed by atoms with Crippen LogP contribution in [0.3, 0.4) is 0 Å². The number of fused-ring (bicyclic) bond motifs is 2. The predicted molar refractivity (Wildman–Crippen MR) is 87.6 cm³/mol. The lowest BCUT2D eigenvalue weighted by Crippen LogP contribution is -2.38. The number of rotatable bonds is 4. The van der Waals surface area contributed by atoms with Gasteiger partial charge in [0.2, 0.25) is 0 Å². The Morgan fingerprint density at radius 1 is 1.09 bits per heavy atom. The molecule has 2 saturated carbocycles. The van der Waals surface area contributed by atoms with Gasteiger partial charge < -0.3 is 14.4 Å². The van der Waals surface area contributed by atoms with E-state index in [2.05, 4.69) is 18.7 Å². The molecule has 3 nitrogen and oxygen atoms in total. The third-order valence-corrected chi connectivity index (χ3v) is 7.22. The van der Waals surface area contributed by atoms with E-state index >= 15 is 0 Å². The van der Waals surface area contributed by atoms with Crippen LogP contribution in [0.5, 0.6) is 0 Å². The monoisotopic (exact) mass is 307 g/mol. The molecule has 0 amide bonds. The van der Waals surface area contributed by atoms with Crippen molar-refractivity contribution in [2.24, 2.45) is 23.2 Å². The molecule has 0 spiro atoms. The van der Waals surface area contributed by atoms with Gasteiger partial charge >= 0.3 is 0 Å². The highest BCUT2D eigenvalue weighted by molar-refractivity contribution is 5.02. The summed E-state index contributed by atoms with van der Waals surface area (Å²) in [5, 5.41) is 0. The normalized spacial score (nSPS) is 44.7. The molecule has 0 N–H and O–H groups in total. The Balaban J connectivity index is 1.28. The first-order chi connectivity index (χ1) is 10.6. The summed E-state index contributed by atoms with van der Waals surface area (Å²) in [5.74, 6) is 2.70. The molecule has 0 aromatic heterocycles. The van der Waals surface area contributed by atoms with Crippen LogP contribution in [-0.4, -0.2) is 43.5 Å². The van der Waals surface area contributed by atoms with E-state index in [9.17, 15) is 0 Å². The van der Waals surface area contributed by atoms with Crippen molar-refractivity contribution in [1.82, 2.24) is 4.90 Å². The molecule has 4 aliphatic rings. The first-order valence-corrected chi connectivity index (χ1v) is 9.62. The van der Waals surface area contributed by atoms with Crippen LogP contribution in [0.2, 0.25) is 0 Å². The van der Waals surface area contributed by atoms with Gasteiger partial charge in [-0.25, -0.2) is 0 Å². The van der Waals surface area contributed by atoms with Crippen LogP contribution in [0.4, 0.5) is 0 Å². The Morgan fingerprint density at radius 2 is 1.91 bits per heavy atom. The second-order valence-electron chi connectivity index (χ2n) is 8.82. The second kappa shape index (κ2) is 6.07. The number of hydrogen-bond acceptors (Lipinski definition) is 3. The van der Waals surface area contributed by atoms with Crippen molar-refractivity contribution in [2.45, 2.75) is 71.2 Å². The zero-order chi connectivity index (χ0) is 15.2. The number of piperidine rings is 1. The molecule has 2 aliphatic heterocycles. The summed E-state index contributed by atoms with van der Waals surface area (Å²) < 4.78 is 12.3. The van der Waals surface area contributed by atoms with Gasteiger partial charge in [0.15, 0.2) is 6.29 Å². The fourth-order valence-corrected chi connectivity index (χ4v) is 5.83. The van der Waals surface area contributed by atoms with Gasteiger partial charge in [-0.15, -0.1) is 0 Å². The van der Waals surface area contributed by atoms with Crippen LogP contribution in [0.15, 0.2) is 0 Å². The average Bonchev–Trinajstić information content (AvgIpc) is 3.19. The van der Waals surface area contributed by atoms with Crippen LogP contribution in [0.1, 0.15) is 58.8 Å². The molecule has 0 aromatic carbocycles. The van der Waals surface area contributed by atoms with Crippen LogP contribution in [-0.2, 0) is 9.47 Å². The minimum Gasteiger partial charge on any atom is -0.350 e. The summed E-state index contributed by atoms with van der Waals surface area (Å²) in [6, 6.07) is 0. The van der Waals surface area contributed by atoms with E-state index in [1.54, 1.807) is 0 Å². The van der Waals surface area contributed by atoms with Gasteiger partial charge in [-0.1, -0.05) is 20.3 Å². The maximum Gasteiger partial charge on any atom is 0.158 e. The number of nitrogens with zero attached hydrogens (tertiary/aromatic N) is 1. The van der Waals surface area contributed by atoms with Crippen molar-refractivity contribution in [2.75, 3.05) is 26.2 Å². The van der Waals surface area contributed by atoms with Crippen LogP contribution in [0.25, 0.3) is 0 Å². The van der Waals surface area contributed by atoms with Gasteiger partial charge in [0.25, 0.3) is 0 Å². The van der Waals surface area contributed by atoms with Crippen molar-refractivity contribution in [3.8, 4) is 0 Å². The molecule has 22 heavy (non-hydrogen) atoms. The fourth-order valence-electron chi connectivity index (χ4n) is 5.83. The minimum atomic E-state index is 0.0680. The lowest BCUT2D eigenvalue weighted by Gasteiger charge is -2.39. The molecule has 0 radical (unpaired) electrons. The zero-order valence-electron chi connectivity index (χ0n) is 14.4. The molecular formula is C19H33NO2. The topological polar surface area (TPSA) is 21.7 Å². The smallest absolute Gasteiger partial charge is 0.158 e. The van der Waals surface area contributed by atoms with E-state index < -0.39 is 0 Å². The van der Waals surface area contributed by atoms with Crippen LogP contribution in [0, 0.1) is 23.2 Å². The van der Waals surface area contributed by atoms with Gasteiger partial charge in [-0.05, 0) is 68.4 Å². The van der Waals surface area contributed by atoms with Crippen molar-refractivity contribution in [3.05, 3.63) is 0 Å². The lowest BCUT2D eigenvalue weighted by molar-refractivity contribution is -0.0909. The largest absolute Gasteiger partial charge is 0.350 e. The molecule has 4 fully saturated rings. The molecule has 2 heterocycles. The fraction of sp³-hybridized carbons (Fsp3) is 1.00. The molecule has 126 valence electrons. The van der Waals surface area contributed by atoms with Crippen molar-refractivity contribution < 1.29 is 9.47 Å². The summed E-state index contributed by atoms with van der Waals surface area (Å²) >= 11 is 0. The average molecular weight is 307 g/mol. The summed E-state index contributed by atoms with van der Waals surface area (Å²) in [6.07, 6.45) is 9.99. The van der Waals surface area contributed by atoms with Gasteiger partial charge in [0.05, 0.1) is 12.7 Å². The van der Waals surface area contributed by atoms with Crippen LogP contribution >= 0.6 is 0 Å². The molecule has 0 unspecified atom stereocenters. The van der Waals surface area contributed by atoms with Gasteiger partial charge in [0, 0.05) is 13.0 Å². The highest BCUT2D eigenvalue weighted by Crippen LogP contribution is 2.60. The summed E-state index contributed by atoms with van der Waals surface area (Å²) in [6.45, 7) is 9.37. The molecule has 2 aliphatic carbocycles. The van der Waals surface area contributed by atoms with Crippen molar-refractivity contribution >= 4 is 0 Å². The third kappa shape index (κ3) is 2.85. The Bertz CT molecular complexity index is 391. The van der Waals surface area contributed by atoms with E-state index in [-0.39, 0.29) is 6.29 Å². The summed E-state index contributed by atoms with van der Waals surface area (Å²) in [4.78, 5) is 2.57. The zero-order valence-corrected chi connectivity index (χ0v) is 14.4. The first kappa shape index (κ1) is 15.4. The summed E-state index contributed by atoms with van der Waals surface area (Å²) in [5.41, 5.74) is 0.501. The van der Waals surface area contributed by atoms with Crippen molar-refractivity contribution in [1.29, 1.82) is 0 Å². The maximum absolute atomic E-state index is 6.26. The number of ether oxygens (including phenoxy) is 2. The molecule has 2 saturated heterocycles. The standard InChI is InChI=1S/C19H33NO2/c1-19(2)15-7-6-14(10-15)17(19)11-18-21-13-16(22-18)12-20-8-4-3-5-9-20/h14-18H,3-13H2,1-2H3/t14-,15+,16-,17-,18+/m1/s1. The number of likely N-dealkylation sites (tertiary alicyclic amines) is 1. The second-order valence-corrected chi connectivity index (χ2v) is 8.82. The van der Waals surface area contributed by atoms with E-state index in [0.717, 1.165) is 37.3 Å².